The molecule has 2 rings (SSSR count). The molecule has 1 aromatic rings. The molecule has 3 unspecified atom stereocenters. The Morgan fingerprint density at radius 1 is 1.43 bits per heavy atom. The summed E-state index contributed by atoms with van der Waals surface area (Å²) in [6.45, 7) is 4.40. The van der Waals surface area contributed by atoms with Crippen LogP contribution in [0.3, 0.4) is 0 Å². The number of rotatable bonds is 4. The SMILES string of the molecule is CC(C)C1CCC(N)C(Cc2cccc([N+](=O)[O-])c2F)C1. The van der Waals surface area contributed by atoms with Gasteiger partial charge in [0.15, 0.2) is 0 Å². The third-order valence-corrected chi connectivity index (χ3v) is 4.76. The highest BCUT2D eigenvalue weighted by Crippen LogP contribution is 2.35. The Labute approximate surface area is 124 Å². The van der Waals surface area contributed by atoms with E-state index in [9.17, 15) is 14.5 Å². The fourth-order valence-electron chi connectivity index (χ4n) is 3.31. The largest absolute Gasteiger partial charge is 0.327 e. The topological polar surface area (TPSA) is 69.2 Å². The van der Waals surface area contributed by atoms with Crippen LogP contribution in [0.25, 0.3) is 0 Å². The Bertz CT molecular complexity index is 519. The standard InChI is InChI=1S/C16H23FN2O2/c1-10(2)11-6-7-14(18)13(8-11)9-12-4-3-5-15(16(12)17)19(20)21/h3-5,10-11,13-14H,6-9,18H2,1-2H3. The molecule has 116 valence electrons. The van der Waals surface area contributed by atoms with Crippen molar-refractivity contribution in [3.63, 3.8) is 0 Å². The number of hydrogen-bond donors (Lipinski definition) is 1. The van der Waals surface area contributed by atoms with Gasteiger partial charge in [0.25, 0.3) is 0 Å². The van der Waals surface area contributed by atoms with Gasteiger partial charge in [-0.15, -0.1) is 0 Å². The molecule has 1 fully saturated rings. The highest BCUT2D eigenvalue weighted by atomic mass is 19.1. The number of nitro benzene ring substituents is 1. The quantitative estimate of drug-likeness (QED) is 0.680. The van der Waals surface area contributed by atoms with Crippen molar-refractivity contribution in [3.8, 4) is 0 Å². The van der Waals surface area contributed by atoms with Crippen molar-refractivity contribution < 1.29 is 9.31 Å². The van der Waals surface area contributed by atoms with Gasteiger partial charge in [0, 0.05) is 12.1 Å². The van der Waals surface area contributed by atoms with Crippen molar-refractivity contribution in [1.82, 2.24) is 0 Å². The van der Waals surface area contributed by atoms with Gasteiger partial charge in [0.1, 0.15) is 0 Å². The summed E-state index contributed by atoms with van der Waals surface area (Å²) in [6.07, 6.45) is 3.52. The van der Waals surface area contributed by atoms with Crippen molar-refractivity contribution in [1.29, 1.82) is 0 Å². The Morgan fingerprint density at radius 3 is 2.76 bits per heavy atom. The second-order valence-corrected chi connectivity index (χ2v) is 6.45. The third kappa shape index (κ3) is 3.59. The first-order valence-corrected chi connectivity index (χ1v) is 7.57. The van der Waals surface area contributed by atoms with Gasteiger partial charge in [0.05, 0.1) is 4.92 Å². The maximum atomic E-state index is 14.2. The minimum absolute atomic E-state index is 0.0543. The molecule has 0 spiro atoms. The second-order valence-electron chi connectivity index (χ2n) is 6.45. The van der Waals surface area contributed by atoms with Gasteiger partial charge in [-0.25, -0.2) is 0 Å². The molecule has 4 nitrogen and oxygen atoms in total. The zero-order valence-corrected chi connectivity index (χ0v) is 12.6. The first kappa shape index (κ1) is 15.9. The zero-order valence-electron chi connectivity index (χ0n) is 12.6. The summed E-state index contributed by atoms with van der Waals surface area (Å²) in [6, 6.07) is 4.44. The van der Waals surface area contributed by atoms with E-state index in [2.05, 4.69) is 13.8 Å². The molecule has 0 aromatic heterocycles. The van der Waals surface area contributed by atoms with Crippen molar-refractivity contribution >= 4 is 5.69 Å². The summed E-state index contributed by atoms with van der Waals surface area (Å²) in [5.41, 5.74) is 6.15. The number of benzene rings is 1. The molecule has 1 saturated carbocycles. The predicted octanol–water partition coefficient (Wildman–Crippen LogP) is 3.68. The lowest BCUT2D eigenvalue weighted by Crippen LogP contribution is -2.38. The zero-order chi connectivity index (χ0) is 15.6. The van der Waals surface area contributed by atoms with Crippen LogP contribution in [0, 0.1) is 33.7 Å². The molecule has 0 aliphatic heterocycles. The van der Waals surface area contributed by atoms with Crippen molar-refractivity contribution in [2.24, 2.45) is 23.5 Å². The van der Waals surface area contributed by atoms with Gasteiger partial charge in [-0.2, -0.15) is 4.39 Å². The number of hydrogen-bond acceptors (Lipinski definition) is 3. The summed E-state index contributed by atoms with van der Waals surface area (Å²) in [7, 11) is 0. The molecule has 1 aliphatic carbocycles. The Balaban J connectivity index is 2.17. The van der Waals surface area contributed by atoms with Crippen LogP contribution in [-0.4, -0.2) is 11.0 Å². The molecule has 0 bridgehead atoms. The van der Waals surface area contributed by atoms with Crippen LogP contribution in [-0.2, 0) is 6.42 Å². The fourth-order valence-corrected chi connectivity index (χ4v) is 3.31. The van der Waals surface area contributed by atoms with E-state index >= 15 is 0 Å². The lowest BCUT2D eigenvalue weighted by atomic mass is 9.72. The van der Waals surface area contributed by atoms with Gasteiger partial charge < -0.3 is 5.73 Å². The monoisotopic (exact) mass is 294 g/mol. The van der Waals surface area contributed by atoms with E-state index in [-0.39, 0.29) is 12.0 Å². The summed E-state index contributed by atoms with van der Waals surface area (Å²) >= 11 is 0. The number of nitrogens with two attached hydrogens (primary N) is 1. The van der Waals surface area contributed by atoms with Crippen LogP contribution in [0.1, 0.15) is 38.7 Å². The molecule has 3 atom stereocenters. The van der Waals surface area contributed by atoms with Crippen LogP contribution < -0.4 is 5.73 Å². The van der Waals surface area contributed by atoms with Gasteiger partial charge in [-0.3, -0.25) is 10.1 Å². The van der Waals surface area contributed by atoms with Gasteiger partial charge >= 0.3 is 5.69 Å². The lowest BCUT2D eigenvalue weighted by Gasteiger charge is -2.36. The summed E-state index contributed by atoms with van der Waals surface area (Å²) in [5, 5.41) is 10.8. The lowest BCUT2D eigenvalue weighted by molar-refractivity contribution is -0.387. The maximum Gasteiger partial charge on any atom is 0.305 e. The molecule has 0 heterocycles. The second kappa shape index (κ2) is 6.52. The molecular weight excluding hydrogens is 271 g/mol. The van der Waals surface area contributed by atoms with E-state index in [1.54, 1.807) is 12.1 Å². The van der Waals surface area contributed by atoms with Gasteiger partial charge in [-0.05, 0) is 49.0 Å². The van der Waals surface area contributed by atoms with E-state index in [4.69, 9.17) is 5.73 Å². The fraction of sp³-hybridized carbons (Fsp3) is 0.625. The minimum Gasteiger partial charge on any atom is -0.327 e. The van der Waals surface area contributed by atoms with Gasteiger partial charge in [0.2, 0.25) is 5.82 Å². The van der Waals surface area contributed by atoms with Crippen molar-refractivity contribution in [3.05, 3.63) is 39.7 Å². The van der Waals surface area contributed by atoms with E-state index < -0.39 is 16.4 Å². The summed E-state index contributed by atoms with van der Waals surface area (Å²) < 4.78 is 14.2. The minimum atomic E-state index is -0.707. The molecule has 1 aromatic carbocycles. The Kier molecular flexibility index (Phi) is 4.93. The van der Waals surface area contributed by atoms with Crippen molar-refractivity contribution in [2.75, 3.05) is 0 Å². The van der Waals surface area contributed by atoms with Crippen LogP contribution in [0.15, 0.2) is 18.2 Å². The van der Waals surface area contributed by atoms with Crippen LogP contribution in [0.5, 0.6) is 0 Å². The van der Waals surface area contributed by atoms with Crippen LogP contribution >= 0.6 is 0 Å². The van der Waals surface area contributed by atoms with E-state index in [1.807, 2.05) is 0 Å². The highest BCUT2D eigenvalue weighted by molar-refractivity contribution is 5.37. The number of nitrogens with zero attached hydrogens (tertiary/aromatic N) is 1. The van der Waals surface area contributed by atoms with Crippen LogP contribution in [0.4, 0.5) is 10.1 Å². The molecule has 0 radical (unpaired) electrons. The number of nitro groups is 1. The van der Waals surface area contributed by atoms with E-state index in [0.29, 0.717) is 23.8 Å². The van der Waals surface area contributed by atoms with Crippen LogP contribution in [0.2, 0.25) is 0 Å². The first-order valence-electron chi connectivity index (χ1n) is 7.57. The highest BCUT2D eigenvalue weighted by Gasteiger charge is 2.31. The smallest absolute Gasteiger partial charge is 0.305 e. The van der Waals surface area contributed by atoms with E-state index in [0.717, 1.165) is 19.3 Å². The molecule has 2 N–H and O–H groups in total. The number of halogens is 1. The molecule has 5 heteroatoms. The van der Waals surface area contributed by atoms with E-state index in [1.165, 1.54) is 6.07 Å². The first-order chi connectivity index (χ1) is 9.90. The maximum absolute atomic E-state index is 14.2. The summed E-state index contributed by atoms with van der Waals surface area (Å²) in [5.74, 6) is 0.690. The van der Waals surface area contributed by atoms with Crippen molar-refractivity contribution in [2.45, 2.75) is 45.6 Å². The molecular formula is C16H23FN2O2. The Morgan fingerprint density at radius 2 is 2.14 bits per heavy atom. The normalized spacial score (nSPS) is 26.0. The molecule has 0 amide bonds. The average molecular weight is 294 g/mol. The summed E-state index contributed by atoms with van der Waals surface area (Å²) in [4.78, 5) is 10.1. The Hall–Kier alpha value is -1.49. The third-order valence-electron chi connectivity index (χ3n) is 4.76. The predicted molar refractivity (Wildman–Crippen MR) is 80.4 cm³/mol. The molecule has 21 heavy (non-hydrogen) atoms. The molecule has 1 aliphatic rings. The average Bonchev–Trinajstić information content (AvgIpc) is 2.42. The molecule has 0 saturated heterocycles. The van der Waals surface area contributed by atoms with Gasteiger partial charge in [-0.1, -0.05) is 26.0 Å².